The molecule has 0 aliphatic heterocycles. The van der Waals surface area contributed by atoms with Gasteiger partial charge in [-0.05, 0) is 65.7 Å². The third kappa shape index (κ3) is 1.48. The van der Waals surface area contributed by atoms with Crippen molar-refractivity contribution in [2.24, 2.45) is 17.3 Å². The number of rotatable bonds is 0. The summed E-state index contributed by atoms with van der Waals surface area (Å²) in [7, 11) is 0. The molecule has 1 saturated carbocycles. The predicted molar refractivity (Wildman–Crippen MR) is 88.3 cm³/mol. The second-order valence-electron chi connectivity index (χ2n) is 8.13. The number of fused-ring (bicyclic) bond motifs is 5. The van der Waals surface area contributed by atoms with Gasteiger partial charge in [-0.2, -0.15) is 0 Å². The predicted octanol–water partition coefficient (Wildman–Crippen LogP) is 4.62. The van der Waals surface area contributed by atoms with E-state index in [2.05, 4.69) is 20.4 Å². The highest BCUT2D eigenvalue weighted by atomic mass is 16.3. The van der Waals surface area contributed by atoms with Gasteiger partial charge in [0.25, 0.3) is 0 Å². The molecule has 2 nitrogen and oxygen atoms in total. The van der Waals surface area contributed by atoms with Crippen LogP contribution in [-0.4, -0.2) is 10.9 Å². The summed E-state index contributed by atoms with van der Waals surface area (Å²) in [5.41, 5.74) is 6.33. The van der Waals surface area contributed by atoms with Crippen molar-refractivity contribution < 1.29 is 9.90 Å². The maximum atomic E-state index is 12.7. The van der Waals surface area contributed by atoms with E-state index < -0.39 is 0 Å². The van der Waals surface area contributed by atoms with Crippen LogP contribution < -0.4 is 0 Å². The van der Waals surface area contributed by atoms with Crippen molar-refractivity contribution in [3.8, 4) is 5.75 Å². The molecule has 3 atom stereocenters. The fourth-order valence-electron chi connectivity index (χ4n) is 5.13. The van der Waals surface area contributed by atoms with E-state index in [1.54, 1.807) is 0 Å². The van der Waals surface area contributed by atoms with Crippen LogP contribution in [0.5, 0.6) is 5.75 Å². The number of aromatic hydroxyl groups is 1. The Bertz CT molecular complexity index is 739. The third-order valence-corrected chi connectivity index (χ3v) is 6.54. The first kappa shape index (κ1) is 14.0. The number of phenols is 1. The first-order chi connectivity index (χ1) is 10.3. The minimum Gasteiger partial charge on any atom is -0.507 e. The number of carbonyl (C=O) groups is 1. The Balaban J connectivity index is 2.07. The molecule has 0 heterocycles. The third-order valence-electron chi connectivity index (χ3n) is 6.54. The molecule has 0 amide bonds. The van der Waals surface area contributed by atoms with Crippen molar-refractivity contribution in [1.82, 2.24) is 0 Å². The number of benzene rings is 1. The number of Topliss-reactive ketones (excluding diaryl/α,β-unsaturated/α-hetero) is 1. The molecule has 3 aliphatic carbocycles. The van der Waals surface area contributed by atoms with Crippen LogP contribution in [0.25, 0.3) is 5.57 Å². The summed E-state index contributed by atoms with van der Waals surface area (Å²) in [6, 6.07) is 0. The zero-order valence-corrected chi connectivity index (χ0v) is 13.9. The summed E-state index contributed by atoms with van der Waals surface area (Å²) >= 11 is 0. The number of ketones is 1. The molecule has 4 rings (SSSR count). The number of carbonyl (C=O) groups excluding carboxylic acids is 1. The summed E-state index contributed by atoms with van der Waals surface area (Å²) in [4.78, 5) is 12.7. The van der Waals surface area contributed by atoms with E-state index >= 15 is 0 Å². The number of phenolic OH excluding ortho intramolecular Hbond substituents is 1. The van der Waals surface area contributed by atoms with Crippen LogP contribution >= 0.6 is 0 Å². The molecule has 22 heavy (non-hydrogen) atoms. The van der Waals surface area contributed by atoms with Gasteiger partial charge >= 0.3 is 0 Å². The van der Waals surface area contributed by atoms with Crippen molar-refractivity contribution in [2.45, 2.75) is 52.9 Å². The van der Waals surface area contributed by atoms with E-state index in [1.807, 2.05) is 13.8 Å². The quantitative estimate of drug-likeness (QED) is 0.758. The Kier molecular flexibility index (Phi) is 2.58. The van der Waals surface area contributed by atoms with Crippen LogP contribution in [-0.2, 0) is 6.42 Å². The molecule has 1 aromatic carbocycles. The molecule has 0 bridgehead atoms. The van der Waals surface area contributed by atoms with Crippen LogP contribution in [0.15, 0.2) is 6.58 Å². The molecule has 1 fully saturated rings. The maximum Gasteiger partial charge on any atom is 0.167 e. The number of hydrogen-bond donors (Lipinski definition) is 1. The Morgan fingerprint density at radius 2 is 1.95 bits per heavy atom. The monoisotopic (exact) mass is 296 g/mol. The minimum atomic E-state index is -0.0223. The normalized spacial score (nSPS) is 31.4. The molecule has 0 aromatic heterocycles. The largest absolute Gasteiger partial charge is 0.507 e. The summed E-state index contributed by atoms with van der Waals surface area (Å²) in [5, 5.41) is 10.7. The van der Waals surface area contributed by atoms with E-state index in [1.165, 1.54) is 5.56 Å². The van der Waals surface area contributed by atoms with Gasteiger partial charge in [0.1, 0.15) is 5.75 Å². The van der Waals surface area contributed by atoms with Gasteiger partial charge in [0.2, 0.25) is 0 Å². The van der Waals surface area contributed by atoms with Gasteiger partial charge in [-0.3, -0.25) is 4.79 Å². The van der Waals surface area contributed by atoms with Gasteiger partial charge in [-0.1, -0.05) is 27.4 Å². The van der Waals surface area contributed by atoms with Crippen LogP contribution in [0.4, 0.5) is 0 Å². The fraction of sp³-hybridized carbons (Fsp3) is 0.550. The van der Waals surface area contributed by atoms with Crippen molar-refractivity contribution in [2.75, 3.05) is 0 Å². The van der Waals surface area contributed by atoms with Gasteiger partial charge in [0.05, 0.1) is 0 Å². The maximum absolute atomic E-state index is 12.7. The molecule has 2 heteroatoms. The fourth-order valence-corrected chi connectivity index (χ4v) is 5.13. The Labute approximate surface area is 132 Å². The smallest absolute Gasteiger partial charge is 0.167 e. The number of allylic oxidation sites excluding steroid dienone is 1. The summed E-state index contributed by atoms with van der Waals surface area (Å²) < 4.78 is 0. The molecular formula is C20H24O2. The van der Waals surface area contributed by atoms with E-state index in [0.717, 1.165) is 40.7 Å². The second-order valence-corrected chi connectivity index (χ2v) is 8.13. The average molecular weight is 296 g/mol. The lowest BCUT2D eigenvalue weighted by molar-refractivity contribution is 0.0946. The standard InChI is InChI=1S/C20H24O2/c1-9-6-7-13-17(20(13,4)5)15-11(3)19(22)12-8-10(2)18(21)16(12)14(9)15/h10,13,17,22H,1,6-8H2,2-5H3. The lowest BCUT2D eigenvalue weighted by atomic mass is 9.84. The van der Waals surface area contributed by atoms with E-state index in [-0.39, 0.29) is 17.1 Å². The molecule has 3 aliphatic rings. The van der Waals surface area contributed by atoms with Gasteiger partial charge in [0, 0.05) is 17.0 Å². The van der Waals surface area contributed by atoms with Crippen molar-refractivity contribution in [1.29, 1.82) is 0 Å². The van der Waals surface area contributed by atoms with Crippen LogP contribution in [0, 0.1) is 24.2 Å². The Morgan fingerprint density at radius 3 is 2.64 bits per heavy atom. The van der Waals surface area contributed by atoms with Gasteiger partial charge in [0.15, 0.2) is 5.78 Å². The van der Waals surface area contributed by atoms with Crippen LogP contribution in [0.1, 0.15) is 72.1 Å². The van der Waals surface area contributed by atoms with Gasteiger partial charge in [-0.25, -0.2) is 0 Å². The molecule has 116 valence electrons. The first-order valence-electron chi connectivity index (χ1n) is 8.37. The summed E-state index contributed by atoms with van der Waals surface area (Å²) in [6.45, 7) is 12.9. The molecule has 1 N–H and O–H groups in total. The van der Waals surface area contributed by atoms with E-state index in [0.29, 0.717) is 24.0 Å². The zero-order valence-electron chi connectivity index (χ0n) is 13.9. The van der Waals surface area contributed by atoms with Gasteiger partial charge in [-0.15, -0.1) is 0 Å². The van der Waals surface area contributed by atoms with Crippen molar-refractivity contribution in [3.63, 3.8) is 0 Å². The molecule has 0 radical (unpaired) electrons. The summed E-state index contributed by atoms with van der Waals surface area (Å²) in [5.74, 6) is 1.64. The van der Waals surface area contributed by atoms with Crippen LogP contribution in [0.3, 0.4) is 0 Å². The minimum absolute atomic E-state index is 0.0223. The van der Waals surface area contributed by atoms with Crippen molar-refractivity contribution in [3.05, 3.63) is 34.4 Å². The topological polar surface area (TPSA) is 37.3 Å². The lowest BCUT2D eigenvalue weighted by Gasteiger charge is -2.21. The van der Waals surface area contributed by atoms with E-state index in [9.17, 15) is 9.90 Å². The summed E-state index contributed by atoms with van der Waals surface area (Å²) in [6.07, 6.45) is 2.78. The van der Waals surface area contributed by atoms with E-state index in [4.69, 9.17) is 0 Å². The molecule has 0 spiro atoms. The molecule has 1 aromatic rings. The second kappa shape index (κ2) is 4.04. The van der Waals surface area contributed by atoms with Crippen molar-refractivity contribution >= 4 is 11.4 Å². The molecule has 0 saturated heterocycles. The molecule has 3 unspecified atom stereocenters. The Hall–Kier alpha value is -1.57. The number of hydrogen-bond acceptors (Lipinski definition) is 2. The van der Waals surface area contributed by atoms with Crippen LogP contribution in [0.2, 0.25) is 0 Å². The average Bonchev–Trinajstić information content (AvgIpc) is 2.93. The SMILES string of the molecule is C=C1CCC2C(c3c(C)c(O)c4c(c31)C(=O)C(C)C4)C2(C)C. The highest BCUT2D eigenvalue weighted by Gasteiger charge is 2.60. The zero-order chi connectivity index (χ0) is 16.0. The Morgan fingerprint density at radius 1 is 1.27 bits per heavy atom. The highest BCUT2D eigenvalue weighted by Crippen LogP contribution is 2.70. The lowest BCUT2D eigenvalue weighted by Crippen LogP contribution is -2.09. The molecular weight excluding hydrogens is 272 g/mol. The highest BCUT2D eigenvalue weighted by molar-refractivity contribution is 6.07. The first-order valence-corrected chi connectivity index (χ1v) is 8.37. The van der Waals surface area contributed by atoms with Gasteiger partial charge < -0.3 is 5.11 Å².